The molecule has 0 N–H and O–H groups in total. The molecule has 0 aliphatic rings. The second-order valence-corrected chi connectivity index (χ2v) is 34.2. The van der Waals surface area contributed by atoms with Gasteiger partial charge in [0.1, 0.15) is 0 Å². The zero-order valence-electron chi connectivity index (χ0n) is 72.2. The lowest BCUT2D eigenvalue weighted by atomic mass is 10.00. The number of aromatic nitrogens is 6. The van der Waals surface area contributed by atoms with Crippen molar-refractivity contribution in [3.8, 4) is 101 Å². The van der Waals surface area contributed by atoms with Crippen LogP contribution < -0.4 is 0 Å². The highest BCUT2D eigenvalue weighted by molar-refractivity contribution is 6.32. The largest absolute Gasteiger partial charge is 0.309 e. The smallest absolute Gasteiger partial charge is 0.0548 e. The molecular weight excluding hydrogens is 1600 g/mol. The summed E-state index contributed by atoms with van der Waals surface area (Å²) in [4.78, 5) is 0. The summed E-state index contributed by atoms with van der Waals surface area (Å²) in [5.74, 6) is 0. The fourth-order valence-corrected chi connectivity index (χ4v) is 20.8. The van der Waals surface area contributed by atoms with E-state index in [2.05, 4.69) is 537 Å². The Morgan fingerprint density at radius 3 is 0.470 bits per heavy atom. The SMILES string of the molecule is c1ccc(-c2ccc(-c3ccc(-n4c5ccccc5c5c6c7ccccc7n(-c7ccccc7)c6ccc54)cc3)cc2)cc1.c1ccc(-c2ccc(-c3cccc(-n4c5ccccc5c5c6c7ccccc7n(-c7ccccc7)c6ccc54)c3)cc2)cc1.c1ccc(-c2ccc(-n3c4ccccc4c4c5c6ccccc6n(-c6ccc(-c7ccccc7)cc6)c5ccc43)cc2)cc1. The Balaban J connectivity index is 0.000000106. The number of hydrogen-bond acceptors (Lipinski definition) is 0. The minimum atomic E-state index is 1.16. The summed E-state index contributed by atoms with van der Waals surface area (Å²) < 4.78 is 14.5. The van der Waals surface area contributed by atoms with Crippen LogP contribution in [0.3, 0.4) is 0 Å². The molecule has 0 bridgehead atoms. The van der Waals surface area contributed by atoms with Crippen LogP contribution in [-0.4, -0.2) is 27.4 Å². The molecule has 0 unspecified atom stereocenters. The van der Waals surface area contributed by atoms with E-state index in [9.17, 15) is 0 Å². The van der Waals surface area contributed by atoms with E-state index in [1.807, 2.05) is 0 Å². The van der Waals surface area contributed by atoms with Crippen molar-refractivity contribution in [2.24, 2.45) is 0 Å². The van der Waals surface area contributed by atoms with Gasteiger partial charge in [0.05, 0.1) is 66.2 Å². The highest BCUT2D eigenvalue weighted by atomic mass is 15.0. The Kier molecular flexibility index (Phi) is 18.8. The van der Waals surface area contributed by atoms with Crippen molar-refractivity contribution in [3.63, 3.8) is 0 Å². The van der Waals surface area contributed by atoms with Gasteiger partial charge in [-0.25, -0.2) is 0 Å². The molecule has 0 aliphatic carbocycles. The summed E-state index contributed by atoms with van der Waals surface area (Å²) in [6, 6.07) is 184. The normalized spacial score (nSPS) is 11.6. The average Bonchev–Trinajstić information content (AvgIpc) is 1.55. The number of para-hydroxylation sites is 8. The van der Waals surface area contributed by atoms with Crippen LogP contribution in [-0.2, 0) is 0 Å². The third-order valence-electron chi connectivity index (χ3n) is 26.8. The first-order chi connectivity index (χ1) is 65.5. The van der Waals surface area contributed by atoms with Gasteiger partial charge in [-0.2, -0.15) is 0 Å². The third kappa shape index (κ3) is 13.0. The molecule has 6 heteroatoms. The fraction of sp³-hybridized carbons (Fsp3) is 0. The van der Waals surface area contributed by atoms with Crippen LogP contribution in [0.4, 0.5) is 0 Å². The summed E-state index contributed by atoms with van der Waals surface area (Å²) >= 11 is 0. The van der Waals surface area contributed by atoms with E-state index in [-0.39, 0.29) is 0 Å². The van der Waals surface area contributed by atoms with E-state index in [1.165, 1.54) is 209 Å². The van der Waals surface area contributed by atoms with Gasteiger partial charge in [-0.15, -0.1) is 0 Å². The molecule has 6 aromatic heterocycles. The van der Waals surface area contributed by atoms with Crippen LogP contribution in [0.1, 0.15) is 0 Å². The monoisotopic (exact) mass is 1680 g/mol. The minimum Gasteiger partial charge on any atom is -0.309 e. The number of nitrogens with zero attached hydrogens (tertiary/aromatic N) is 6. The molecule has 6 heterocycles. The number of fused-ring (bicyclic) bond motifs is 21. The van der Waals surface area contributed by atoms with Gasteiger partial charge >= 0.3 is 0 Å². The molecule has 618 valence electrons. The maximum atomic E-state index is 2.43. The lowest BCUT2D eigenvalue weighted by Crippen LogP contribution is -1.95. The predicted molar refractivity (Wildman–Crippen MR) is 558 cm³/mol. The Hall–Kier alpha value is -17.6. The number of rotatable bonds is 12. The summed E-state index contributed by atoms with van der Waals surface area (Å²) in [6.07, 6.45) is 0. The van der Waals surface area contributed by atoms with Gasteiger partial charge in [0.15, 0.2) is 0 Å². The van der Waals surface area contributed by atoms with Crippen molar-refractivity contribution in [2.75, 3.05) is 0 Å². The van der Waals surface area contributed by atoms with Crippen LogP contribution in [0, 0.1) is 0 Å². The molecule has 0 saturated heterocycles. The summed E-state index contributed by atoms with van der Waals surface area (Å²) in [6.45, 7) is 0. The van der Waals surface area contributed by atoms with E-state index < -0.39 is 0 Å². The van der Waals surface area contributed by atoms with Crippen molar-refractivity contribution in [1.82, 2.24) is 27.4 Å². The third-order valence-corrected chi connectivity index (χ3v) is 26.8. The van der Waals surface area contributed by atoms with Crippen molar-refractivity contribution < 1.29 is 0 Å². The summed E-state index contributed by atoms with van der Waals surface area (Å²) in [5.41, 5.74) is 36.3. The molecule has 6 nitrogen and oxygen atoms in total. The van der Waals surface area contributed by atoms with Gasteiger partial charge < -0.3 is 27.4 Å². The summed E-state index contributed by atoms with van der Waals surface area (Å²) in [5, 5.41) is 15.4. The summed E-state index contributed by atoms with van der Waals surface area (Å²) in [7, 11) is 0. The number of benzene rings is 21. The predicted octanol–water partition coefficient (Wildman–Crippen LogP) is 33.6. The van der Waals surface area contributed by atoms with Gasteiger partial charge in [-0.1, -0.05) is 364 Å². The Morgan fingerprint density at radius 1 is 0.0909 bits per heavy atom. The molecule has 0 saturated carbocycles. The van der Waals surface area contributed by atoms with E-state index in [0.29, 0.717) is 0 Å². The lowest BCUT2D eigenvalue weighted by Gasteiger charge is -2.11. The molecule has 0 amide bonds. The molecule has 0 aliphatic heterocycles. The first-order valence-electron chi connectivity index (χ1n) is 45.4. The Labute approximate surface area is 763 Å². The quantitative estimate of drug-likeness (QED) is 0.117. The molecule has 0 radical (unpaired) electrons. The van der Waals surface area contributed by atoms with Crippen LogP contribution in [0.15, 0.2) is 510 Å². The molecule has 0 spiro atoms. The van der Waals surface area contributed by atoms with Crippen molar-refractivity contribution >= 4 is 131 Å². The standard InChI is InChI=1S/3C42H28N2/c1-3-12-29(13-4-1)30-22-24-31(25-23-30)32-14-11-17-34(28-32)44-38-21-10-8-19-36(38)42-40(44)27-26-39-41(42)35-18-7-9-20-37(35)43(39)33-15-5-2-6-16-33;1-3-11-29(12-4-1)31-19-23-33(24-20-31)43-37-17-9-7-15-35(37)41-39(43)27-28-40-42(41)36-16-8-10-18-38(36)44(40)34-25-21-32(22-26-34)30-13-5-2-6-14-30;1-3-11-29(12-4-1)30-19-21-31(22-20-30)32-23-25-34(26-24-32)44-38-18-10-8-16-36(38)42-40(44)28-27-39-41(42)35-15-7-9-17-37(35)43(39)33-13-5-2-6-14-33/h3*1-28H. The van der Waals surface area contributed by atoms with Gasteiger partial charge in [0.2, 0.25) is 0 Å². The average molecular weight is 1680 g/mol. The van der Waals surface area contributed by atoms with Crippen LogP contribution in [0.5, 0.6) is 0 Å². The number of hydrogen-bond donors (Lipinski definition) is 0. The zero-order chi connectivity index (χ0) is 87.1. The molecule has 0 fully saturated rings. The second kappa shape index (κ2) is 32.4. The van der Waals surface area contributed by atoms with Crippen molar-refractivity contribution in [3.05, 3.63) is 510 Å². The first kappa shape index (κ1) is 76.8. The Bertz CT molecular complexity index is 8860. The van der Waals surface area contributed by atoms with Crippen molar-refractivity contribution in [2.45, 2.75) is 0 Å². The second-order valence-electron chi connectivity index (χ2n) is 34.2. The van der Waals surface area contributed by atoms with Gasteiger partial charge in [0.25, 0.3) is 0 Å². The molecular formula is C126H84N6. The van der Waals surface area contributed by atoms with Gasteiger partial charge in [0, 0.05) is 98.8 Å². The highest BCUT2D eigenvalue weighted by Crippen LogP contribution is 2.48. The fourth-order valence-electron chi connectivity index (χ4n) is 20.8. The topological polar surface area (TPSA) is 29.6 Å². The first-order valence-corrected chi connectivity index (χ1v) is 45.4. The van der Waals surface area contributed by atoms with Crippen LogP contribution in [0.25, 0.3) is 232 Å². The van der Waals surface area contributed by atoms with E-state index in [0.717, 1.165) is 22.7 Å². The zero-order valence-corrected chi connectivity index (χ0v) is 72.2. The van der Waals surface area contributed by atoms with E-state index >= 15 is 0 Å². The van der Waals surface area contributed by atoms with Crippen LogP contribution in [0.2, 0.25) is 0 Å². The maximum Gasteiger partial charge on any atom is 0.0548 e. The molecule has 27 aromatic rings. The van der Waals surface area contributed by atoms with Gasteiger partial charge in [-0.3, -0.25) is 0 Å². The molecule has 0 atom stereocenters. The lowest BCUT2D eigenvalue weighted by molar-refractivity contribution is 1.17. The molecule has 21 aromatic carbocycles. The minimum absolute atomic E-state index is 1.16. The Morgan fingerprint density at radius 2 is 0.242 bits per heavy atom. The molecule has 132 heavy (non-hydrogen) atoms. The maximum absolute atomic E-state index is 2.43. The van der Waals surface area contributed by atoms with Crippen LogP contribution >= 0.6 is 0 Å². The van der Waals surface area contributed by atoms with E-state index in [1.54, 1.807) is 0 Å². The van der Waals surface area contributed by atoms with E-state index in [4.69, 9.17) is 0 Å². The molecule has 27 rings (SSSR count). The van der Waals surface area contributed by atoms with Gasteiger partial charge in [-0.05, 0) is 212 Å². The highest BCUT2D eigenvalue weighted by Gasteiger charge is 2.26. The van der Waals surface area contributed by atoms with Crippen molar-refractivity contribution in [1.29, 1.82) is 0 Å².